The molecule has 0 bridgehead atoms. The number of ether oxygens (including phenoxy) is 1. The van der Waals surface area contributed by atoms with Crippen molar-refractivity contribution in [1.29, 1.82) is 15.8 Å². The van der Waals surface area contributed by atoms with Gasteiger partial charge in [0, 0.05) is 5.57 Å². The Bertz CT molecular complexity index is 919. The number of hydrogen-bond acceptors (Lipinski definition) is 7. The Hall–Kier alpha value is -3.73. The molecule has 1 atom stereocenters. The van der Waals surface area contributed by atoms with Gasteiger partial charge in [-0.1, -0.05) is 12.1 Å². The summed E-state index contributed by atoms with van der Waals surface area (Å²) in [6, 6.07) is 10.0. The molecule has 1 heterocycles. The van der Waals surface area contributed by atoms with Crippen LogP contribution >= 0.6 is 0 Å². The Kier molecular flexibility index (Phi) is 4.79. The van der Waals surface area contributed by atoms with Crippen LogP contribution in [0.3, 0.4) is 0 Å². The van der Waals surface area contributed by atoms with Gasteiger partial charge in [-0.3, -0.25) is 0 Å². The molecule has 0 saturated carbocycles. The Balaban J connectivity index is 2.63. The first kappa shape index (κ1) is 17.6. The summed E-state index contributed by atoms with van der Waals surface area (Å²) in [5.74, 6) is 0.372. The third-order valence-corrected chi connectivity index (χ3v) is 3.68. The molecule has 0 radical (unpaired) electrons. The molecule has 3 N–H and O–H groups in total. The molecule has 1 aliphatic rings. The second-order valence-electron chi connectivity index (χ2n) is 5.30. The number of hydrogen-bond donors (Lipinski definition) is 3. The van der Waals surface area contributed by atoms with Crippen LogP contribution in [0.25, 0.3) is 6.08 Å². The summed E-state index contributed by atoms with van der Waals surface area (Å²) in [5.41, 5.74) is -1.48. The van der Waals surface area contributed by atoms with Crippen molar-refractivity contribution >= 4 is 6.08 Å². The molecule has 25 heavy (non-hydrogen) atoms. The number of nitrogens with zero attached hydrogens (tertiary/aromatic N) is 3. The monoisotopic (exact) mass is 334 g/mol. The van der Waals surface area contributed by atoms with Crippen LogP contribution in [-0.2, 0) is 0 Å². The minimum absolute atomic E-state index is 0.0197. The number of nitriles is 3. The molecule has 1 aromatic rings. The summed E-state index contributed by atoms with van der Waals surface area (Å²) in [6.45, 7) is 1.39. The van der Waals surface area contributed by atoms with E-state index in [2.05, 4.69) is 5.32 Å². The number of methoxy groups -OCH3 is 1. The zero-order valence-corrected chi connectivity index (χ0v) is 13.5. The maximum absolute atomic E-state index is 10.5. The van der Waals surface area contributed by atoms with Crippen molar-refractivity contribution in [2.75, 3.05) is 7.11 Å². The van der Waals surface area contributed by atoms with Crippen LogP contribution in [-0.4, -0.2) is 23.0 Å². The Labute approximate surface area is 144 Å². The van der Waals surface area contributed by atoms with E-state index in [1.807, 2.05) is 6.07 Å². The van der Waals surface area contributed by atoms with Crippen LogP contribution in [0.15, 0.2) is 46.7 Å². The lowest BCUT2D eigenvalue weighted by atomic mass is 10.00. The number of benzene rings is 1. The molecule has 0 fully saturated rings. The van der Waals surface area contributed by atoms with Crippen LogP contribution in [0.1, 0.15) is 12.5 Å². The summed E-state index contributed by atoms with van der Waals surface area (Å²) in [6.07, 6.45) is 2.92. The van der Waals surface area contributed by atoms with Crippen LogP contribution in [0.2, 0.25) is 0 Å². The van der Waals surface area contributed by atoms with Gasteiger partial charge in [0.25, 0.3) is 0 Å². The lowest BCUT2D eigenvalue weighted by Gasteiger charge is -2.20. The topological polar surface area (TPSA) is 133 Å². The molecule has 0 amide bonds. The maximum Gasteiger partial charge on any atom is 0.160 e. The van der Waals surface area contributed by atoms with Gasteiger partial charge in [-0.15, -0.1) is 0 Å². The molecule has 0 aliphatic carbocycles. The van der Waals surface area contributed by atoms with E-state index < -0.39 is 5.72 Å². The van der Waals surface area contributed by atoms with E-state index in [9.17, 15) is 15.5 Å². The maximum atomic E-state index is 10.5. The van der Waals surface area contributed by atoms with Crippen molar-refractivity contribution in [3.63, 3.8) is 0 Å². The number of nitrogens with one attached hydrogen (secondary N) is 1. The van der Waals surface area contributed by atoms with E-state index in [0.29, 0.717) is 11.3 Å². The Morgan fingerprint density at radius 2 is 1.92 bits per heavy atom. The van der Waals surface area contributed by atoms with E-state index in [4.69, 9.17) is 15.3 Å². The smallest absolute Gasteiger partial charge is 0.160 e. The van der Waals surface area contributed by atoms with Gasteiger partial charge in [-0.05, 0) is 25.1 Å². The van der Waals surface area contributed by atoms with E-state index in [1.165, 1.54) is 32.3 Å². The molecule has 0 spiro atoms. The standard InChI is InChI=1S/C18H14N4O3/c1-18(24)14(13(10-21)17(22-18)11(8-19)9-20)7-6-12-15(23)4-3-5-16(12)25-2/h3-7,22-24H,1-2H3/b7-6+. The largest absolute Gasteiger partial charge is 0.507 e. The van der Waals surface area contributed by atoms with Gasteiger partial charge in [0.15, 0.2) is 11.3 Å². The lowest BCUT2D eigenvalue weighted by molar-refractivity contribution is 0.0851. The number of aliphatic hydroxyl groups is 1. The molecule has 0 saturated heterocycles. The summed E-state index contributed by atoms with van der Waals surface area (Å²) in [4.78, 5) is 0. The third-order valence-electron chi connectivity index (χ3n) is 3.68. The first-order valence-electron chi connectivity index (χ1n) is 7.14. The van der Waals surface area contributed by atoms with E-state index in [1.54, 1.807) is 24.3 Å². The Morgan fingerprint density at radius 3 is 2.48 bits per heavy atom. The highest BCUT2D eigenvalue weighted by Crippen LogP contribution is 2.35. The zero-order valence-electron chi connectivity index (χ0n) is 13.5. The average Bonchev–Trinajstić information content (AvgIpc) is 2.84. The number of phenolic OH excluding ortho intramolecular Hbond substituents is 1. The third kappa shape index (κ3) is 3.16. The molecule has 1 aliphatic heterocycles. The highest BCUT2D eigenvalue weighted by atomic mass is 16.5. The molecule has 1 aromatic carbocycles. The summed E-state index contributed by atoms with van der Waals surface area (Å²) < 4.78 is 5.17. The molecule has 2 rings (SSSR count). The average molecular weight is 334 g/mol. The predicted octanol–water partition coefficient (Wildman–Crippen LogP) is 1.85. The van der Waals surface area contributed by atoms with E-state index in [0.717, 1.165) is 0 Å². The van der Waals surface area contributed by atoms with Gasteiger partial charge in [-0.2, -0.15) is 15.8 Å². The van der Waals surface area contributed by atoms with Crippen LogP contribution < -0.4 is 10.1 Å². The number of phenols is 1. The van der Waals surface area contributed by atoms with Crippen molar-refractivity contribution in [1.82, 2.24) is 5.32 Å². The molecule has 1 unspecified atom stereocenters. The second-order valence-corrected chi connectivity index (χ2v) is 5.30. The fourth-order valence-electron chi connectivity index (χ4n) is 2.48. The first-order valence-corrected chi connectivity index (χ1v) is 7.14. The molecule has 0 aromatic heterocycles. The quantitative estimate of drug-likeness (QED) is 0.718. The summed E-state index contributed by atoms with van der Waals surface area (Å²) in [7, 11) is 1.45. The fraction of sp³-hybridized carbons (Fsp3) is 0.167. The lowest BCUT2D eigenvalue weighted by Crippen LogP contribution is -2.38. The van der Waals surface area contributed by atoms with E-state index in [-0.39, 0.29) is 28.2 Å². The SMILES string of the molecule is COc1cccc(O)c1/C=C/C1=C(C#N)C(=C(C#N)C#N)NC1(C)O. The first-order chi connectivity index (χ1) is 11.9. The molecule has 7 nitrogen and oxygen atoms in total. The van der Waals surface area contributed by atoms with Gasteiger partial charge in [0.1, 0.15) is 29.7 Å². The molecule has 124 valence electrons. The highest BCUT2D eigenvalue weighted by Gasteiger charge is 2.38. The zero-order chi connectivity index (χ0) is 18.6. The fourth-order valence-corrected chi connectivity index (χ4v) is 2.48. The van der Waals surface area contributed by atoms with E-state index >= 15 is 0 Å². The molecule has 7 heteroatoms. The van der Waals surface area contributed by atoms with Gasteiger partial charge in [0.2, 0.25) is 0 Å². The van der Waals surface area contributed by atoms with Crippen LogP contribution in [0, 0.1) is 34.0 Å². The highest BCUT2D eigenvalue weighted by molar-refractivity contribution is 5.70. The number of aromatic hydroxyl groups is 1. The minimum atomic E-state index is -1.66. The van der Waals surface area contributed by atoms with Crippen molar-refractivity contribution in [2.45, 2.75) is 12.6 Å². The molecular formula is C18H14N4O3. The van der Waals surface area contributed by atoms with Crippen LogP contribution in [0.4, 0.5) is 0 Å². The van der Waals surface area contributed by atoms with Gasteiger partial charge >= 0.3 is 0 Å². The van der Waals surface area contributed by atoms with Crippen molar-refractivity contribution in [3.05, 3.63) is 52.3 Å². The number of rotatable bonds is 3. The summed E-state index contributed by atoms with van der Waals surface area (Å²) >= 11 is 0. The number of allylic oxidation sites excluding steroid dienone is 2. The second kappa shape index (κ2) is 6.80. The molecular weight excluding hydrogens is 320 g/mol. The summed E-state index contributed by atoms with van der Waals surface area (Å²) in [5, 5.41) is 50.6. The van der Waals surface area contributed by atoms with Crippen molar-refractivity contribution < 1.29 is 14.9 Å². The van der Waals surface area contributed by atoms with Crippen molar-refractivity contribution in [3.8, 4) is 29.7 Å². The normalized spacial score (nSPS) is 19.1. The van der Waals surface area contributed by atoms with Gasteiger partial charge in [0.05, 0.1) is 23.9 Å². The van der Waals surface area contributed by atoms with Gasteiger partial charge in [-0.25, -0.2) is 0 Å². The Morgan fingerprint density at radius 1 is 1.24 bits per heavy atom. The minimum Gasteiger partial charge on any atom is -0.507 e. The van der Waals surface area contributed by atoms with Crippen molar-refractivity contribution in [2.24, 2.45) is 0 Å². The van der Waals surface area contributed by atoms with Gasteiger partial charge < -0.3 is 20.3 Å². The van der Waals surface area contributed by atoms with Crippen LogP contribution in [0.5, 0.6) is 11.5 Å². The predicted molar refractivity (Wildman–Crippen MR) is 88.3 cm³/mol.